The maximum absolute atomic E-state index is 14.1. The summed E-state index contributed by atoms with van der Waals surface area (Å²) in [4.78, 5) is 12.3. The third kappa shape index (κ3) is 3.76. The van der Waals surface area contributed by atoms with Crippen molar-refractivity contribution in [1.29, 1.82) is 0 Å². The fourth-order valence-electron chi connectivity index (χ4n) is 3.27. The van der Waals surface area contributed by atoms with E-state index in [0.29, 0.717) is 57.8 Å². The molecular formula is C16H25FN4O3. The highest BCUT2D eigenvalue weighted by molar-refractivity contribution is 5.45. The lowest BCUT2D eigenvalue weighted by molar-refractivity contribution is -0.0114. The quantitative estimate of drug-likeness (QED) is 0.845. The Balaban J connectivity index is 1.75. The number of hydrogen-bond acceptors (Lipinski definition) is 7. The van der Waals surface area contributed by atoms with Gasteiger partial charge in [-0.15, -0.1) is 0 Å². The van der Waals surface area contributed by atoms with E-state index in [4.69, 9.17) is 9.47 Å². The summed E-state index contributed by atoms with van der Waals surface area (Å²) < 4.78 is 24.8. The summed E-state index contributed by atoms with van der Waals surface area (Å²) in [5.74, 6) is 0.370. The smallest absolute Gasteiger partial charge is 0.227 e. The Labute approximate surface area is 141 Å². The molecule has 134 valence electrons. The number of morpholine rings is 1. The van der Waals surface area contributed by atoms with Crippen molar-refractivity contribution in [2.45, 2.75) is 12.8 Å². The van der Waals surface area contributed by atoms with Crippen LogP contribution in [0.15, 0.2) is 6.20 Å². The summed E-state index contributed by atoms with van der Waals surface area (Å²) >= 11 is 0. The molecule has 2 fully saturated rings. The Hall–Kier alpha value is -1.51. The van der Waals surface area contributed by atoms with Crippen molar-refractivity contribution >= 4 is 11.8 Å². The zero-order chi connectivity index (χ0) is 17.0. The van der Waals surface area contributed by atoms with Gasteiger partial charge < -0.3 is 24.4 Å². The molecule has 0 unspecified atom stereocenters. The van der Waals surface area contributed by atoms with Gasteiger partial charge in [-0.05, 0) is 12.8 Å². The van der Waals surface area contributed by atoms with Crippen LogP contribution in [-0.4, -0.2) is 74.8 Å². The van der Waals surface area contributed by atoms with E-state index in [1.54, 1.807) is 0 Å². The molecule has 8 heteroatoms. The van der Waals surface area contributed by atoms with E-state index < -0.39 is 5.82 Å². The average Bonchev–Trinajstić information content (AvgIpc) is 2.63. The lowest BCUT2D eigenvalue weighted by Gasteiger charge is -2.38. The van der Waals surface area contributed by atoms with E-state index in [1.807, 2.05) is 16.8 Å². The average molecular weight is 340 g/mol. The summed E-state index contributed by atoms with van der Waals surface area (Å²) in [6, 6.07) is 0. The Morgan fingerprint density at radius 3 is 2.58 bits per heavy atom. The van der Waals surface area contributed by atoms with Crippen molar-refractivity contribution in [2.75, 3.05) is 69.5 Å². The number of rotatable bonds is 5. The van der Waals surface area contributed by atoms with Crippen LogP contribution in [0.3, 0.4) is 0 Å². The van der Waals surface area contributed by atoms with Gasteiger partial charge in [0.2, 0.25) is 5.95 Å². The van der Waals surface area contributed by atoms with Crippen molar-refractivity contribution in [3.63, 3.8) is 0 Å². The predicted octanol–water partition coefficient (Wildman–Crippen LogP) is 0.678. The van der Waals surface area contributed by atoms with Crippen molar-refractivity contribution in [3.8, 4) is 0 Å². The number of aliphatic hydroxyl groups is 1. The number of ether oxygens (including phenoxy) is 2. The molecular weight excluding hydrogens is 315 g/mol. The number of halogens is 1. The molecule has 0 aliphatic carbocycles. The second-order valence-electron chi connectivity index (χ2n) is 6.57. The van der Waals surface area contributed by atoms with Gasteiger partial charge in [0.1, 0.15) is 0 Å². The van der Waals surface area contributed by atoms with Crippen molar-refractivity contribution in [3.05, 3.63) is 12.0 Å². The Kier molecular flexibility index (Phi) is 5.47. The van der Waals surface area contributed by atoms with Crippen LogP contribution in [0.5, 0.6) is 0 Å². The molecule has 1 N–H and O–H groups in total. The van der Waals surface area contributed by atoms with Gasteiger partial charge >= 0.3 is 0 Å². The minimum Gasteiger partial charge on any atom is -0.396 e. The first-order valence-electron chi connectivity index (χ1n) is 8.38. The van der Waals surface area contributed by atoms with Crippen molar-refractivity contribution in [2.24, 2.45) is 5.41 Å². The first-order valence-corrected chi connectivity index (χ1v) is 8.38. The van der Waals surface area contributed by atoms with Gasteiger partial charge in [-0.1, -0.05) is 0 Å². The van der Waals surface area contributed by atoms with Gasteiger partial charge in [-0.25, -0.2) is 9.37 Å². The summed E-state index contributed by atoms with van der Waals surface area (Å²) in [6.45, 7) is 4.39. The van der Waals surface area contributed by atoms with Crippen LogP contribution < -0.4 is 9.80 Å². The first-order chi connectivity index (χ1) is 11.6. The van der Waals surface area contributed by atoms with Crippen LogP contribution in [0.1, 0.15) is 12.8 Å². The second-order valence-corrected chi connectivity index (χ2v) is 6.57. The highest BCUT2D eigenvalue weighted by Gasteiger charge is 2.34. The highest BCUT2D eigenvalue weighted by atomic mass is 19.1. The molecule has 3 rings (SSSR count). The minimum absolute atomic E-state index is 0.0955. The largest absolute Gasteiger partial charge is 0.396 e. The monoisotopic (exact) mass is 340 g/mol. The van der Waals surface area contributed by atoms with Gasteiger partial charge in [0.05, 0.1) is 26.0 Å². The Morgan fingerprint density at radius 2 is 1.92 bits per heavy atom. The lowest BCUT2D eigenvalue weighted by Crippen LogP contribution is -2.43. The van der Waals surface area contributed by atoms with Gasteiger partial charge in [0.25, 0.3) is 0 Å². The van der Waals surface area contributed by atoms with Crippen LogP contribution in [0.2, 0.25) is 0 Å². The Bertz CT molecular complexity index is 548. The molecule has 0 atom stereocenters. The van der Waals surface area contributed by atoms with Crippen LogP contribution in [0.25, 0.3) is 0 Å². The SMILES string of the molecule is CN(CC1(CO)CCOCC1)c1ncc(F)c(N2CCOCC2)n1. The highest BCUT2D eigenvalue weighted by Crippen LogP contribution is 2.32. The fraction of sp³-hybridized carbons (Fsp3) is 0.750. The third-order valence-electron chi connectivity index (χ3n) is 4.83. The number of hydrogen-bond donors (Lipinski definition) is 1. The first kappa shape index (κ1) is 17.3. The molecule has 0 aromatic carbocycles. The van der Waals surface area contributed by atoms with Crippen molar-refractivity contribution < 1.29 is 19.0 Å². The zero-order valence-electron chi connectivity index (χ0n) is 14.1. The number of aliphatic hydroxyl groups excluding tert-OH is 1. The molecule has 0 saturated carbocycles. The molecule has 1 aromatic heterocycles. The summed E-state index contributed by atoms with van der Waals surface area (Å²) in [5.41, 5.74) is -0.218. The van der Waals surface area contributed by atoms with E-state index in [9.17, 15) is 9.50 Å². The molecule has 2 aliphatic rings. The molecule has 0 radical (unpaired) electrons. The summed E-state index contributed by atoms with van der Waals surface area (Å²) in [7, 11) is 1.88. The Morgan fingerprint density at radius 1 is 1.25 bits per heavy atom. The molecule has 3 heterocycles. The number of nitrogens with zero attached hydrogens (tertiary/aromatic N) is 4. The second kappa shape index (κ2) is 7.58. The van der Waals surface area contributed by atoms with E-state index in [1.165, 1.54) is 6.20 Å². The summed E-state index contributed by atoms with van der Waals surface area (Å²) in [6.07, 6.45) is 2.82. The molecule has 0 bridgehead atoms. The van der Waals surface area contributed by atoms with Crippen LogP contribution in [0.4, 0.5) is 16.2 Å². The van der Waals surface area contributed by atoms with Gasteiger partial charge in [-0.3, -0.25) is 0 Å². The molecule has 1 aromatic rings. The van der Waals surface area contributed by atoms with E-state index >= 15 is 0 Å². The van der Waals surface area contributed by atoms with Crippen LogP contribution in [-0.2, 0) is 9.47 Å². The van der Waals surface area contributed by atoms with Gasteiger partial charge in [0, 0.05) is 45.3 Å². The molecule has 24 heavy (non-hydrogen) atoms. The molecule has 7 nitrogen and oxygen atoms in total. The number of aromatic nitrogens is 2. The lowest BCUT2D eigenvalue weighted by atomic mass is 9.80. The normalized spacial score (nSPS) is 20.9. The van der Waals surface area contributed by atoms with E-state index in [2.05, 4.69) is 9.97 Å². The topological polar surface area (TPSA) is 71.0 Å². The van der Waals surface area contributed by atoms with E-state index in [-0.39, 0.29) is 12.0 Å². The maximum Gasteiger partial charge on any atom is 0.227 e. The molecule has 0 amide bonds. The van der Waals surface area contributed by atoms with Gasteiger partial charge in [0.15, 0.2) is 11.6 Å². The zero-order valence-corrected chi connectivity index (χ0v) is 14.1. The fourth-order valence-corrected chi connectivity index (χ4v) is 3.27. The third-order valence-corrected chi connectivity index (χ3v) is 4.83. The predicted molar refractivity (Wildman–Crippen MR) is 87.9 cm³/mol. The van der Waals surface area contributed by atoms with Gasteiger partial charge in [-0.2, -0.15) is 4.98 Å². The van der Waals surface area contributed by atoms with Crippen LogP contribution in [0, 0.1) is 11.2 Å². The molecule has 2 saturated heterocycles. The number of anilines is 2. The standard InChI is InChI=1S/C16H25FN4O3/c1-20(11-16(12-22)2-6-23-7-3-16)15-18-10-13(17)14(19-15)21-4-8-24-9-5-21/h10,22H,2-9,11-12H2,1H3. The minimum atomic E-state index is -0.419. The van der Waals surface area contributed by atoms with Crippen molar-refractivity contribution in [1.82, 2.24) is 9.97 Å². The maximum atomic E-state index is 14.1. The van der Waals surface area contributed by atoms with E-state index in [0.717, 1.165) is 12.8 Å². The molecule has 0 spiro atoms. The molecule has 2 aliphatic heterocycles. The summed E-state index contributed by atoms with van der Waals surface area (Å²) in [5, 5.41) is 9.83. The van der Waals surface area contributed by atoms with Crippen LogP contribution >= 0.6 is 0 Å².